The third-order valence-corrected chi connectivity index (χ3v) is 2.77. The Kier molecular flexibility index (Phi) is 2.51. The Morgan fingerprint density at radius 3 is 2.75 bits per heavy atom. The molecule has 6 nitrogen and oxygen atoms in total. The van der Waals surface area contributed by atoms with E-state index in [4.69, 9.17) is 7.85 Å². The summed E-state index contributed by atoms with van der Waals surface area (Å²) in [6.07, 6.45) is 3.89. The lowest BCUT2D eigenvalue weighted by Crippen LogP contribution is -2.09. The molecule has 8 heteroatoms. The fourth-order valence-corrected chi connectivity index (χ4v) is 1.69. The Balaban J connectivity index is 2.57. The molecule has 0 saturated carbocycles. The second kappa shape index (κ2) is 3.71. The fourth-order valence-electron chi connectivity index (χ4n) is 1.17. The summed E-state index contributed by atoms with van der Waals surface area (Å²) >= 11 is 0. The van der Waals surface area contributed by atoms with Crippen LogP contribution in [0.15, 0.2) is 23.6 Å². The van der Waals surface area contributed by atoms with Crippen molar-refractivity contribution in [2.45, 2.75) is 5.16 Å². The maximum absolute atomic E-state index is 11.3. The predicted molar refractivity (Wildman–Crippen MR) is 58.1 cm³/mol. The van der Waals surface area contributed by atoms with E-state index in [1.165, 1.54) is 12.4 Å². The summed E-state index contributed by atoms with van der Waals surface area (Å²) in [5.74, 6) is 0. The SMILES string of the molecule is [B]c1[nH]ncc1-c1ccnc(S(C)(=O)=O)n1. The Morgan fingerprint density at radius 1 is 1.44 bits per heavy atom. The predicted octanol–water partition coefficient (Wildman–Crippen LogP) is -0.936. The van der Waals surface area contributed by atoms with Gasteiger partial charge in [-0.05, 0) is 11.7 Å². The van der Waals surface area contributed by atoms with E-state index in [2.05, 4.69) is 20.2 Å². The largest absolute Gasteiger partial charge is 0.293 e. The van der Waals surface area contributed by atoms with Gasteiger partial charge in [-0.15, -0.1) is 0 Å². The number of sulfone groups is 1. The number of hydrogen-bond acceptors (Lipinski definition) is 5. The Morgan fingerprint density at radius 2 is 2.19 bits per heavy atom. The minimum absolute atomic E-state index is 0.231. The Labute approximate surface area is 93.5 Å². The zero-order chi connectivity index (χ0) is 11.8. The number of nitrogens with zero attached hydrogens (tertiary/aromatic N) is 3. The van der Waals surface area contributed by atoms with Crippen LogP contribution in [0.5, 0.6) is 0 Å². The zero-order valence-corrected chi connectivity index (χ0v) is 9.19. The van der Waals surface area contributed by atoms with Crippen molar-refractivity contribution in [1.29, 1.82) is 0 Å². The molecule has 0 saturated heterocycles. The van der Waals surface area contributed by atoms with Gasteiger partial charge in [-0.1, -0.05) is 0 Å². The molecule has 0 aliphatic carbocycles. The standard InChI is InChI=1S/C8H7BN4O2S/c1-16(14,15)8-10-3-2-6(12-8)5-4-11-13-7(5)9/h2-4H,1H3,(H,11,13). The van der Waals surface area contributed by atoms with Crippen LogP contribution in [0.3, 0.4) is 0 Å². The molecule has 2 radical (unpaired) electrons. The molecular formula is C8H7BN4O2S. The van der Waals surface area contributed by atoms with E-state index in [0.29, 0.717) is 16.9 Å². The van der Waals surface area contributed by atoms with E-state index in [-0.39, 0.29) is 5.16 Å². The van der Waals surface area contributed by atoms with Gasteiger partial charge >= 0.3 is 0 Å². The second-order valence-corrected chi connectivity index (χ2v) is 5.10. The minimum Gasteiger partial charge on any atom is -0.293 e. The summed E-state index contributed by atoms with van der Waals surface area (Å²) in [6.45, 7) is 0. The van der Waals surface area contributed by atoms with Crippen molar-refractivity contribution in [3.05, 3.63) is 18.5 Å². The van der Waals surface area contributed by atoms with E-state index in [1.54, 1.807) is 6.07 Å². The average molecular weight is 234 g/mol. The molecule has 0 bridgehead atoms. The van der Waals surface area contributed by atoms with Gasteiger partial charge in [0.1, 0.15) is 7.85 Å². The van der Waals surface area contributed by atoms with Gasteiger partial charge in [0, 0.05) is 18.0 Å². The van der Waals surface area contributed by atoms with Gasteiger partial charge in [0.05, 0.1) is 11.9 Å². The van der Waals surface area contributed by atoms with E-state index in [9.17, 15) is 8.42 Å². The molecule has 0 spiro atoms. The molecule has 2 rings (SSSR count). The van der Waals surface area contributed by atoms with Crippen molar-refractivity contribution < 1.29 is 8.42 Å². The highest BCUT2D eigenvalue weighted by Crippen LogP contribution is 2.13. The molecule has 2 heterocycles. The first-order chi connectivity index (χ1) is 7.48. The fraction of sp³-hybridized carbons (Fsp3) is 0.125. The normalized spacial score (nSPS) is 11.6. The molecular weight excluding hydrogens is 227 g/mol. The smallest absolute Gasteiger partial charge is 0.247 e. The second-order valence-electron chi connectivity index (χ2n) is 3.19. The molecule has 0 atom stereocenters. The van der Waals surface area contributed by atoms with Crippen molar-refractivity contribution in [1.82, 2.24) is 20.2 Å². The Hall–Kier alpha value is -1.70. The summed E-state index contributed by atoms with van der Waals surface area (Å²) in [5, 5.41) is 6.04. The van der Waals surface area contributed by atoms with Gasteiger partial charge in [0.25, 0.3) is 0 Å². The lowest BCUT2D eigenvalue weighted by atomic mass is 9.98. The third-order valence-electron chi connectivity index (χ3n) is 1.91. The lowest BCUT2D eigenvalue weighted by Gasteiger charge is -2.00. The van der Waals surface area contributed by atoms with Crippen molar-refractivity contribution >= 4 is 23.3 Å². The van der Waals surface area contributed by atoms with Crippen LogP contribution in [-0.4, -0.2) is 42.7 Å². The third kappa shape index (κ3) is 1.96. The number of rotatable bonds is 2. The molecule has 0 aromatic carbocycles. The van der Waals surface area contributed by atoms with E-state index >= 15 is 0 Å². The summed E-state index contributed by atoms with van der Waals surface area (Å²) in [6, 6.07) is 1.57. The summed E-state index contributed by atoms with van der Waals surface area (Å²) in [4.78, 5) is 7.59. The summed E-state index contributed by atoms with van der Waals surface area (Å²) in [5.41, 5.74) is 1.30. The van der Waals surface area contributed by atoms with Gasteiger partial charge in [-0.25, -0.2) is 18.4 Å². The van der Waals surface area contributed by atoms with E-state index in [1.807, 2.05) is 0 Å². The van der Waals surface area contributed by atoms with Crippen LogP contribution in [0, 0.1) is 0 Å². The van der Waals surface area contributed by atoms with Crippen molar-refractivity contribution in [2.75, 3.05) is 6.26 Å². The maximum Gasteiger partial charge on any atom is 0.247 e. The highest BCUT2D eigenvalue weighted by molar-refractivity contribution is 7.90. The van der Waals surface area contributed by atoms with Gasteiger partial charge in [-0.2, -0.15) is 5.10 Å². The van der Waals surface area contributed by atoms with Gasteiger partial charge < -0.3 is 0 Å². The molecule has 0 unspecified atom stereocenters. The van der Waals surface area contributed by atoms with Crippen LogP contribution in [0.25, 0.3) is 11.3 Å². The molecule has 2 aromatic heterocycles. The van der Waals surface area contributed by atoms with E-state index < -0.39 is 9.84 Å². The zero-order valence-electron chi connectivity index (χ0n) is 8.38. The monoisotopic (exact) mass is 234 g/mol. The maximum atomic E-state index is 11.3. The average Bonchev–Trinajstić information content (AvgIpc) is 2.63. The van der Waals surface area contributed by atoms with Crippen LogP contribution >= 0.6 is 0 Å². The van der Waals surface area contributed by atoms with Crippen molar-refractivity contribution in [3.63, 3.8) is 0 Å². The highest BCUT2D eigenvalue weighted by Gasteiger charge is 2.13. The highest BCUT2D eigenvalue weighted by atomic mass is 32.2. The van der Waals surface area contributed by atoms with E-state index in [0.717, 1.165) is 6.26 Å². The van der Waals surface area contributed by atoms with Crippen LogP contribution in [0.2, 0.25) is 0 Å². The Bertz CT molecular complexity index is 622. The van der Waals surface area contributed by atoms with Gasteiger partial charge in [0.2, 0.25) is 15.0 Å². The first kappa shape index (κ1) is 10.8. The van der Waals surface area contributed by atoms with Crippen LogP contribution in [-0.2, 0) is 9.84 Å². The van der Waals surface area contributed by atoms with Crippen molar-refractivity contribution in [2.24, 2.45) is 0 Å². The molecule has 0 amide bonds. The number of nitrogens with one attached hydrogen (secondary N) is 1. The quantitative estimate of drug-likeness (QED) is 0.535. The first-order valence-corrected chi connectivity index (χ1v) is 6.20. The molecule has 16 heavy (non-hydrogen) atoms. The number of H-pyrrole nitrogens is 1. The topological polar surface area (TPSA) is 88.6 Å². The summed E-state index contributed by atoms with van der Waals surface area (Å²) in [7, 11) is 2.18. The number of aromatic nitrogens is 4. The number of hydrogen-bond donors (Lipinski definition) is 1. The van der Waals surface area contributed by atoms with Crippen LogP contribution in [0.1, 0.15) is 0 Å². The van der Waals surface area contributed by atoms with Crippen LogP contribution < -0.4 is 5.59 Å². The molecule has 1 N–H and O–H groups in total. The molecule has 0 fully saturated rings. The molecule has 80 valence electrons. The molecule has 2 aromatic rings. The van der Waals surface area contributed by atoms with Crippen LogP contribution in [0.4, 0.5) is 0 Å². The number of aromatic amines is 1. The van der Waals surface area contributed by atoms with Gasteiger partial charge in [0.15, 0.2) is 0 Å². The lowest BCUT2D eigenvalue weighted by molar-refractivity contribution is 0.593. The summed E-state index contributed by atoms with van der Waals surface area (Å²) < 4.78 is 22.5. The van der Waals surface area contributed by atoms with Crippen molar-refractivity contribution in [3.8, 4) is 11.3 Å². The molecule has 0 aliphatic heterocycles. The minimum atomic E-state index is -3.42. The van der Waals surface area contributed by atoms with Gasteiger partial charge in [-0.3, -0.25) is 5.10 Å². The molecule has 0 aliphatic rings. The first-order valence-electron chi connectivity index (χ1n) is 4.31.